The average Bonchev–Trinajstić information content (AvgIpc) is 2.66. The third-order valence-corrected chi connectivity index (χ3v) is 4.17. The molecule has 5 nitrogen and oxygen atoms in total. The van der Waals surface area contributed by atoms with Gasteiger partial charge in [0.25, 0.3) is 9.05 Å². The monoisotopic (exact) mass is 308 g/mol. The minimum absolute atomic E-state index is 0.141. The molecule has 0 fully saturated rings. The molecule has 0 saturated heterocycles. The molecule has 0 saturated carbocycles. The van der Waals surface area contributed by atoms with Crippen molar-refractivity contribution in [3.8, 4) is 0 Å². The van der Waals surface area contributed by atoms with Gasteiger partial charge >= 0.3 is 0 Å². The van der Waals surface area contributed by atoms with Crippen molar-refractivity contribution in [2.45, 2.75) is 58.1 Å². The van der Waals surface area contributed by atoms with Gasteiger partial charge in [-0.2, -0.15) is 5.10 Å². The number of aromatic nitrogens is 2. The molecular weight excluding hydrogens is 288 g/mol. The molecule has 0 N–H and O–H groups in total. The maximum Gasteiger partial charge on any atom is 0.264 e. The number of hydrogen-bond acceptors (Lipinski definition) is 4. The minimum Gasteiger partial charge on any atom is -0.377 e. The minimum atomic E-state index is -3.76. The van der Waals surface area contributed by atoms with Crippen LogP contribution in [0, 0.1) is 0 Å². The molecule has 0 aromatic carbocycles. The van der Waals surface area contributed by atoms with Crippen molar-refractivity contribution in [1.82, 2.24) is 9.78 Å². The lowest BCUT2D eigenvalue weighted by molar-refractivity contribution is 0.0704. The summed E-state index contributed by atoms with van der Waals surface area (Å²) < 4.78 is 30.5. The smallest absolute Gasteiger partial charge is 0.264 e. The summed E-state index contributed by atoms with van der Waals surface area (Å²) in [5.74, 6) is 0. The van der Waals surface area contributed by atoms with Gasteiger partial charge in [-0.1, -0.05) is 13.8 Å². The van der Waals surface area contributed by atoms with Crippen LogP contribution >= 0.6 is 10.7 Å². The van der Waals surface area contributed by atoms with Gasteiger partial charge in [0.05, 0.1) is 30.6 Å². The van der Waals surface area contributed by atoms with Crippen LogP contribution < -0.4 is 0 Å². The second kappa shape index (κ2) is 6.72. The van der Waals surface area contributed by atoms with Gasteiger partial charge < -0.3 is 4.74 Å². The second-order valence-corrected chi connectivity index (χ2v) is 7.01. The first kappa shape index (κ1) is 16.5. The zero-order chi connectivity index (χ0) is 14.6. The Bertz CT molecular complexity index is 523. The van der Waals surface area contributed by atoms with E-state index in [1.165, 1.54) is 0 Å². The lowest BCUT2D eigenvalue weighted by Gasteiger charge is -2.09. The van der Waals surface area contributed by atoms with E-state index in [0.29, 0.717) is 37.4 Å². The first-order valence-corrected chi connectivity index (χ1v) is 8.76. The number of halogens is 1. The van der Waals surface area contributed by atoms with E-state index in [9.17, 15) is 8.42 Å². The fourth-order valence-corrected chi connectivity index (χ4v) is 3.48. The Labute approximate surface area is 119 Å². The normalized spacial score (nSPS) is 12.3. The van der Waals surface area contributed by atoms with E-state index in [4.69, 9.17) is 15.4 Å². The number of hydrogen-bond donors (Lipinski definition) is 0. The van der Waals surface area contributed by atoms with E-state index >= 15 is 0 Å². The Morgan fingerprint density at radius 3 is 2.37 bits per heavy atom. The summed E-state index contributed by atoms with van der Waals surface area (Å²) in [4.78, 5) is 0.170. The molecule has 0 aliphatic rings. The lowest BCUT2D eigenvalue weighted by Crippen LogP contribution is -2.13. The Hall–Kier alpha value is -0.590. The van der Waals surface area contributed by atoms with Gasteiger partial charge in [-0.3, -0.25) is 4.68 Å². The quantitative estimate of drug-likeness (QED) is 0.726. The number of nitrogens with zero attached hydrogens (tertiary/aromatic N) is 2. The van der Waals surface area contributed by atoms with Gasteiger partial charge in [0.15, 0.2) is 0 Å². The topological polar surface area (TPSA) is 61.2 Å². The molecule has 0 spiro atoms. The molecular formula is C12H21ClN2O3S. The Kier molecular flexibility index (Phi) is 5.82. The fraction of sp³-hybridized carbons (Fsp3) is 0.750. The summed E-state index contributed by atoms with van der Waals surface area (Å²) in [7, 11) is 1.75. The third-order valence-electron chi connectivity index (χ3n) is 2.75. The zero-order valence-corrected chi connectivity index (χ0v) is 13.4. The van der Waals surface area contributed by atoms with E-state index in [0.717, 1.165) is 0 Å². The van der Waals surface area contributed by atoms with Crippen molar-refractivity contribution < 1.29 is 13.2 Å². The maximum atomic E-state index is 11.7. The number of ether oxygens (including phenoxy) is 1. The van der Waals surface area contributed by atoms with Crippen LogP contribution in [0.25, 0.3) is 0 Å². The Balaban J connectivity index is 3.09. The predicted molar refractivity (Wildman–Crippen MR) is 75.1 cm³/mol. The predicted octanol–water partition coefficient (Wildman–Crippen LogP) is 2.36. The molecule has 1 heterocycles. The molecule has 0 amide bonds. The van der Waals surface area contributed by atoms with E-state index in [2.05, 4.69) is 5.10 Å². The van der Waals surface area contributed by atoms with E-state index < -0.39 is 9.05 Å². The van der Waals surface area contributed by atoms with Crippen LogP contribution in [-0.4, -0.2) is 30.9 Å². The summed E-state index contributed by atoms with van der Waals surface area (Å²) in [5, 5.41) is 4.34. The van der Waals surface area contributed by atoms with Gasteiger partial charge in [-0.05, 0) is 26.7 Å². The lowest BCUT2D eigenvalue weighted by atomic mass is 10.2. The molecule has 1 aromatic rings. The van der Waals surface area contributed by atoms with E-state index in [1.807, 2.05) is 27.7 Å². The van der Waals surface area contributed by atoms with Gasteiger partial charge in [0.1, 0.15) is 4.90 Å². The van der Waals surface area contributed by atoms with Crippen LogP contribution in [0.5, 0.6) is 0 Å². The molecule has 0 bridgehead atoms. The first-order valence-electron chi connectivity index (χ1n) is 6.46. The van der Waals surface area contributed by atoms with E-state index in [1.54, 1.807) is 4.68 Å². The van der Waals surface area contributed by atoms with Crippen molar-refractivity contribution >= 4 is 19.7 Å². The summed E-state index contributed by atoms with van der Waals surface area (Å²) in [6, 6.07) is 0. The highest BCUT2D eigenvalue weighted by atomic mass is 35.7. The Morgan fingerprint density at radius 1 is 1.32 bits per heavy atom. The fourth-order valence-electron chi connectivity index (χ4n) is 1.95. The van der Waals surface area contributed by atoms with Gasteiger partial charge in [0, 0.05) is 10.7 Å². The standard InChI is InChI=1S/C12H21ClN2O3S/c1-5-10-12(19(13,16)17)11(6-2)15(14-10)7-8-18-9(3)4/h9H,5-8H2,1-4H3. The summed E-state index contributed by atoms with van der Waals surface area (Å²) in [6.45, 7) is 8.69. The highest BCUT2D eigenvalue weighted by Gasteiger charge is 2.25. The van der Waals surface area contributed by atoms with Crippen LogP contribution in [0.1, 0.15) is 39.1 Å². The molecule has 1 rings (SSSR count). The maximum absolute atomic E-state index is 11.7. The van der Waals surface area contributed by atoms with Crippen LogP contribution in [0.2, 0.25) is 0 Å². The van der Waals surface area contributed by atoms with Crippen LogP contribution in [0.15, 0.2) is 4.90 Å². The third kappa shape index (κ3) is 4.19. The molecule has 110 valence electrons. The van der Waals surface area contributed by atoms with E-state index in [-0.39, 0.29) is 11.0 Å². The number of rotatable bonds is 7. The highest BCUT2D eigenvalue weighted by Crippen LogP contribution is 2.25. The summed E-state index contributed by atoms with van der Waals surface area (Å²) >= 11 is 0. The van der Waals surface area contributed by atoms with Crippen molar-refractivity contribution in [1.29, 1.82) is 0 Å². The van der Waals surface area contributed by atoms with Crippen LogP contribution in [0.4, 0.5) is 0 Å². The van der Waals surface area contributed by atoms with Gasteiger partial charge in [-0.15, -0.1) is 0 Å². The first-order chi connectivity index (χ1) is 8.81. The highest BCUT2D eigenvalue weighted by molar-refractivity contribution is 8.13. The molecule has 0 radical (unpaired) electrons. The van der Waals surface area contributed by atoms with Crippen molar-refractivity contribution in [3.63, 3.8) is 0 Å². The Morgan fingerprint density at radius 2 is 1.95 bits per heavy atom. The van der Waals surface area contributed by atoms with Gasteiger partial charge in [-0.25, -0.2) is 8.42 Å². The summed E-state index contributed by atoms with van der Waals surface area (Å²) in [6.07, 6.45) is 1.24. The molecule has 0 aliphatic carbocycles. The number of aryl methyl sites for hydroxylation is 1. The van der Waals surface area contributed by atoms with Crippen LogP contribution in [-0.2, 0) is 33.2 Å². The SMILES string of the molecule is CCc1nn(CCOC(C)C)c(CC)c1S(=O)(=O)Cl. The molecule has 1 aromatic heterocycles. The summed E-state index contributed by atoms with van der Waals surface area (Å²) in [5.41, 5.74) is 1.18. The zero-order valence-electron chi connectivity index (χ0n) is 11.8. The van der Waals surface area contributed by atoms with Crippen molar-refractivity contribution in [3.05, 3.63) is 11.4 Å². The van der Waals surface area contributed by atoms with Crippen LogP contribution in [0.3, 0.4) is 0 Å². The largest absolute Gasteiger partial charge is 0.377 e. The molecule has 7 heteroatoms. The molecule has 0 aliphatic heterocycles. The van der Waals surface area contributed by atoms with Crippen molar-refractivity contribution in [2.24, 2.45) is 0 Å². The molecule has 0 unspecified atom stereocenters. The molecule has 0 atom stereocenters. The average molecular weight is 309 g/mol. The second-order valence-electron chi connectivity index (χ2n) is 4.51. The van der Waals surface area contributed by atoms with Gasteiger partial charge in [0.2, 0.25) is 0 Å². The van der Waals surface area contributed by atoms with Crippen molar-refractivity contribution in [2.75, 3.05) is 6.61 Å². The molecule has 19 heavy (non-hydrogen) atoms.